The van der Waals surface area contributed by atoms with Crippen molar-refractivity contribution in [2.75, 3.05) is 6.54 Å². The van der Waals surface area contributed by atoms with Gasteiger partial charge in [-0.25, -0.2) is 9.97 Å². The zero-order chi connectivity index (χ0) is 19.6. The van der Waals surface area contributed by atoms with Gasteiger partial charge in [0.1, 0.15) is 23.5 Å². The molecule has 3 aromatic rings. The van der Waals surface area contributed by atoms with Gasteiger partial charge in [-0.1, -0.05) is 30.3 Å². The Bertz CT molecular complexity index is 1040. The van der Waals surface area contributed by atoms with Crippen molar-refractivity contribution >= 4 is 16.9 Å². The fraction of sp³-hybridized carbons (Fsp3) is 0.222. The summed E-state index contributed by atoms with van der Waals surface area (Å²) in [6, 6.07) is 11.1. The number of rotatable bonds is 4. The van der Waals surface area contributed by atoms with Gasteiger partial charge >= 0.3 is 12.1 Å². The van der Waals surface area contributed by atoms with Crippen molar-refractivity contribution in [1.82, 2.24) is 19.9 Å². The number of alkyl halides is 3. The number of nitrogens with zero attached hydrogens (tertiary/aromatic N) is 4. The van der Waals surface area contributed by atoms with Gasteiger partial charge < -0.3 is 9.88 Å². The molecule has 0 saturated carbocycles. The van der Waals surface area contributed by atoms with E-state index >= 15 is 0 Å². The van der Waals surface area contributed by atoms with Crippen LogP contribution >= 0.6 is 0 Å². The molecule has 2 heterocycles. The molecule has 0 unspecified atom stereocenters. The number of nitrogens with one attached hydrogen (secondary N) is 1. The van der Waals surface area contributed by atoms with Crippen LogP contribution < -0.4 is 5.32 Å². The number of aromatic nitrogens is 3. The van der Waals surface area contributed by atoms with E-state index in [9.17, 15) is 23.2 Å². The van der Waals surface area contributed by atoms with E-state index in [-0.39, 0.29) is 13.1 Å². The molecule has 0 atom stereocenters. The second-order valence-corrected chi connectivity index (χ2v) is 5.76. The van der Waals surface area contributed by atoms with Crippen LogP contribution in [0.1, 0.15) is 11.3 Å². The molecule has 0 fully saturated rings. The summed E-state index contributed by atoms with van der Waals surface area (Å²) >= 11 is 0. The lowest BCUT2D eigenvalue weighted by molar-refractivity contribution is -0.173. The molecule has 3 rings (SSSR count). The van der Waals surface area contributed by atoms with E-state index in [4.69, 9.17) is 0 Å². The number of amides is 1. The number of benzene rings is 1. The maximum atomic E-state index is 12.4. The molecule has 0 aliphatic heterocycles. The third kappa shape index (κ3) is 3.46. The molecular formula is C18H14F3N5O. The van der Waals surface area contributed by atoms with Gasteiger partial charge in [-0.05, 0) is 12.5 Å². The Morgan fingerprint density at radius 2 is 1.96 bits per heavy atom. The molecule has 1 N–H and O–H groups in total. The minimum Gasteiger partial charge on any atom is -0.346 e. The van der Waals surface area contributed by atoms with Crippen LogP contribution in [0.15, 0.2) is 36.7 Å². The Morgan fingerprint density at radius 1 is 1.26 bits per heavy atom. The highest BCUT2D eigenvalue weighted by molar-refractivity contribution is 5.92. The summed E-state index contributed by atoms with van der Waals surface area (Å²) < 4.78 is 38.9. The Kier molecular flexibility index (Phi) is 4.81. The van der Waals surface area contributed by atoms with Gasteiger partial charge in [-0.15, -0.1) is 0 Å². The molecule has 1 aromatic carbocycles. The average molecular weight is 373 g/mol. The van der Waals surface area contributed by atoms with E-state index in [2.05, 4.69) is 16.0 Å². The lowest BCUT2D eigenvalue weighted by Gasteiger charge is -2.13. The topological polar surface area (TPSA) is 83.6 Å². The number of carbonyl (C=O) groups excluding carboxylic acids is 1. The summed E-state index contributed by atoms with van der Waals surface area (Å²) in [5, 5.41) is 11.5. The van der Waals surface area contributed by atoms with Gasteiger partial charge in [0.25, 0.3) is 0 Å². The minimum atomic E-state index is -4.95. The molecule has 0 spiro atoms. The SMILES string of the molecule is Cc1ncnc2c(C#N)c(-c3ccccc3)n(CCNC(=O)C(F)(F)F)c12. The fourth-order valence-electron chi connectivity index (χ4n) is 2.94. The zero-order valence-corrected chi connectivity index (χ0v) is 14.2. The van der Waals surface area contributed by atoms with Crippen LogP contribution in [0.2, 0.25) is 0 Å². The van der Waals surface area contributed by atoms with Crippen LogP contribution in [0.5, 0.6) is 0 Å². The lowest BCUT2D eigenvalue weighted by atomic mass is 10.1. The van der Waals surface area contributed by atoms with Crippen LogP contribution in [0.3, 0.4) is 0 Å². The van der Waals surface area contributed by atoms with Crippen molar-refractivity contribution in [1.29, 1.82) is 5.26 Å². The lowest BCUT2D eigenvalue weighted by Crippen LogP contribution is -2.38. The van der Waals surface area contributed by atoms with E-state index in [1.54, 1.807) is 35.8 Å². The van der Waals surface area contributed by atoms with Crippen molar-refractivity contribution < 1.29 is 18.0 Å². The van der Waals surface area contributed by atoms with Crippen LogP contribution in [0.4, 0.5) is 13.2 Å². The first kappa shape index (κ1) is 18.4. The van der Waals surface area contributed by atoms with Gasteiger partial charge in [0.2, 0.25) is 0 Å². The summed E-state index contributed by atoms with van der Waals surface area (Å²) in [6.45, 7) is 1.49. The number of fused-ring (bicyclic) bond motifs is 1. The zero-order valence-electron chi connectivity index (χ0n) is 14.2. The van der Waals surface area contributed by atoms with Gasteiger partial charge in [0.05, 0.1) is 16.9 Å². The van der Waals surface area contributed by atoms with Crippen molar-refractivity contribution in [3.05, 3.63) is 47.9 Å². The number of hydrogen-bond donors (Lipinski definition) is 1. The molecule has 0 bridgehead atoms. The summed E-state index contributed by atoms with van der Waals surface area (Å²) in [6.07, 6.45) is -3.61. The number of aryl methyl sites for hydroxylation is 1. The largest absolute Gasteiger partial charge is 0.471 e. The molecule has 27 heavy (non-hydrogen) atoms. The molecule has 138 valence electrons. The first-order valence-electron chi connectivity index (χ1n) is 7.99. The maximum absolute atomic E-state index is 12.4. The van der Waals surface area contributed by atoms with Crippen molar-refractivity contribution in [2.24, 2.45) is 0 Å². The second kappa shape index (κ2) is 7.07. The van der Waals surface area contributed by atoms with Gasteiger partial charge in [-0.3, -0.25) is 4.79 Å². The van der Waals surface area contributed by atoms with Gasteiger partial charge in [-0.2, -0.15) is 18.4 Å². The molecule has 1 amide bonds. The average Bonchev–Trinajstić information content (AvgIpc) is 2.96. The summed E-state index contributed by atoms with van der Waals surface area (Å²) in [5.41, 5.74) is 3.11. The normalized spacial score (nSPS) is 11.4. The molecule has 9 heteroatoms. The third-order valence-electron chi connectivity index (χ3n) is 4.06. The Morgan fingerprint density at radius 3 is 2.59 bits per heavy atom. The predicted molar refractivity (Wildman–Crippen MR) is 91.5 cm³/mol. The molecule has 6 nitrogen and oxygen atoms in total. The van der Waals surface area contributed by atoms with Crippen molar-refractivity contribution in [3.8, 4) is 17.3 Å². The summed E-state index contributed by atoms with van der Waals surface area (Å²) in [7, 11) is 0. The smallest absolute Gasteiger partial charge is 0.346 e. The van der Waals surface area contributed by atoms with E-state index in [1.807, 2.05) is 11.4 Å². The van der Waals surface area contributed by atoms with Crippen molar-refractivity contribution in [2.45, 2.75) is 19.6 Å². The Balaban J connectivity index is 2.10. The highest BCUT2D eigenvalue weighted by Crippen LogP contribution is 2.33. The molecular weight excluding hydrogens is 359 g/mol. The summed E-state index contributed by atoms with van der Waals surface area (Å²) in [5.74, 6) is -2.01. The summed E-state index contributed by atoms with van der Waals surface area (Å²) in [4.78, 5) is 19.4. The molecule has 0 radical (unpaired) electrons. The van der Waals surface area contributed by atoms with Gasteiger partial charge in [0.15, 0.2) is 0 Å². The first-order chi connectivity index (χ1) is 12.8. The number of carbonyl (C=O) groups is 1. The van der Waals surface area contributed by atoms with Crippen LogP contribution in [-0.4, -0.2) is 33.2 Å². The first-order valence-corrected chi connectivity index (χ1v) is 7.99. The highest BCUT2D eigenvalue weighted by Gasteiger charge is 2.38. The Labute approximate surface area is 152 Å². The van der Waals surface area contributed by atoms with Crippen LogP contribution in [-0.2, 0) is 11.3 Å². The second-order valence-electron chi connectivity index (χ2n) is 5.76. The quantitative estimate of drug-likeness (QED) is 0.762. The van der Waals surface area contributed by atoms with Crippen LogP contribution in [0.25, 0.3) is 22.3 Å². The van der Waals surface area contributed by atoms with Crippen molar-refractivity contribution in [3.63, 3.8) is 0 Å². The third-order valence-corrected chi connectivity index (χ3v) is 4.06. The highest BCUT2D eigenvalue weighted by atomic mass is 19.4. The van der Waals surface area contributed by atoms with E-state index < -0.39 is 12.1 Å². The molecule has 2 aromatic heterocycles. The number of hydrogen-bond acceptors (Lipinski definition) is 4. The minimum absolute atomic E-state index is 0.0262. The van der Waals surface area contributed by atoms with E-state index in [0.717, 1.165) is 0 Å². The number of halogens is 3. The Hall–Kier alpha value is -3.41. The molecule has 0 aliphatic rings. The maximum Gasteiger partial charge on any atom is 0.471 e. The standard InChI is InChI=1S/C18H14F3N5O/c1-11-15-14(25-10-24-11)13(9-22)16(12-5-3-2-4-6-12)26(15)8-7-23-17(27)18(19,20)21/h2-6,10H,7-8H2,1H3,(H,23,27). The van der Waals surface area contributed by atoms with E-state index in [1.165, 1.54) is 6.33 Å². The molecule has 0 aliphatic carbocycles. The fourth-order valence-corrected chi connectivity index (χ4v) is 2.94. The monoisotopic (exact) mass is 373 g/mol. The van der Waals surface area contributed by atoms with Crippen LogP contribution in [0, 0.1) is 18.3 Å². The van der Waals surface area contributed by atoms with E-state index in [0.29, 0.717) is 33.5 Å². The number of nitriles is 1. The predicted octanol–water partition coefficient (Wildman–Crippen LogP) is 2.96. The van der Waals surface area contributed by atoms with Gasteiger partial charge in [0, 0.05) is 13.1 Å². The molecule has 0 saturated heterocycles.